The SMILES string of the molecule is Cc1nnc2c(C3CC3)cc(OC3CC(C(F)(F)F)CC=C3c3ccccc3)nn12. The Kier molecular flexibility index (Phi) is 4.52. The van der Waals surface area contributed by atoms with Crippen molar-refractivity contribution in [1.29, 1.82) is 0 Å². The lowest BCUT2D eigenvalue weighted by Gasteiger charge is -2.31. The van der Waals surface area contributed by atoms with Crippen LogP contribution >= 0.6 is 0 Å². The first kappa shape index (κ1) is 19.1. The number of ether oxygens (including phenoxy) is 1. The summed E-state index contributed by atoms with van der Waals surface area (Å²) in [4.78, 5) is 0. The molecule has 8 heteroatoms. The van der Waals surface area contributed by atoms with Crippen molar-refractivity contribution >= 4 is 11.2 Å². The van der Waals surface area contributed by atoms with Gasteiger partial charge in [-0.2, -0.15) is 17.7 Å². The van der Waals surface area contributed by atoms with Gasteiger partial charge in [0.05, 0.1) is 5.92 Å². The van der Waals surface area contributed by atoms with Gasteiger partial charge < -0.3 is 4.74 Å². The Hall–Kier alpha value is -2.90. The minimum absolute atomic E-state index is 0.0437. The summed E-state index contributed by atoms with van der Waals surface area (Å²) in [5, 5.41) is 12.8. The van der Waals surface area contributed by atoms with Crippen molar-refractivity contribution in [3.8, 4) is 5.88 Å². The quantitative estimate of drug-likeness (QED) is 0.595. The van der Waals surface area contributed by atoms with Gasteiger partial charge in [0.15, 0.2) is 11.5 Å². The Labute approximate surface area is 171 Å². The fourth-order valence-corrected chi connectivity index (χ4v) is 4.08. The van der Waals surface area contributed by atoms with E-state index < -0.39 is 18.2 Å². The van der Waals surface area contributed by atoms with Crippen molar-refractivity contribution in [2.24, 2.45) is 5.92 Å². The summed E-state index contributed by atoms with van der Waals surface area (Å²) in [6.07, 6.45) is -1.41. The maximum atomic E-state index is 13.5. The molecule has 0 saturated heterocycles. The zero-order chi connectivity index (χ0) is 20.9. The summed E-state index contributed by atoms with van der Waals surface area (Å²) in [5.41, 5.74) is 3.32. The molecule has 156 valence electrons. The smallest absolute Gasteiger partial charge is 0.392 e. The average molecular weight is 414 g/mol. The van der Waals surface area contributed by atoms with E-state index in [0.29, 0.717) is 23.3 Å². The van der Waals surface area contributed by atoms with Gasteiger partial charge in [-0.15, -0.1) is 15.3 Å². The molecule has 1 fully saturated rings. The van der Waals surface area contributed by atoms with E-state index >= 15 is 0 Å². The minimum Gasteiger partial charge on any atom is -0.468 e. The summed E-state index contributed by atoms with van der Waals surface area (Å²) in [5.74, 6) is -0.131. The standard InChI is InChI=1S/C22H21F3N4O/c1-13-26-27-21-18(15-7-8-15)12-20(28-29(13)21)30-19-11-16(22(23,24)25)9-10-17(19)14-5-3-2-4-6-14/h2-6,10,12,15-16,19H,7-9,11H2,1H3. The maximum Gasteiger partial charge on any atom is 0.392 e. The fourth-order valence-electron chi connectivity index (χ4n) is 4.08. The van der Waals surface area contributed by atoms with Crippen molar-refractivity contribution in [1.82, 2.24) is 19.8 Å². The van der Waals surface area contributed by atoms with Crippen molar-refractivity contribution in [3.05, 3.63) is 59.4 Å². The predicted octanol–water partition coefficient (Wildman–Crippen LogP) is 5.11. The summed E-state index contributed by atoms with van der Waals surface area (Å²) in [6.45, 7) is 1.79. The van der Waals surface area contributed by atoms with Crippen LogP contribution in [0.25, 0.3) is 11.2 Å². The van der Waals surface area contributed by atoms with E-state index in [9.17, 15) is 13.2 Å². The lowest BCUT2D eigenvalue weighted by atomic mass is 9.84. The molecule has 0 radical (unpaired) electrons. The van der Waals surface area contributed by atoms with Crippen LogP contribution in [0.5, 0.6) is 5.88 Å². The topological polar surface area (TPSA) is 52.3 Å². The molecule has 0 amide bonds. The van der Waals surface area contributed by atoms with E-state index in [1.807, 2.05) is 36.4 Å². The normalized spacial score (nSPS) is 22.2. The molecule has 0 aliphatic heterocycles. The highest BCUT2D eigenvalue weighted by Gasteiger charge is 2.43. The molecule has 30 heavy (non-hydrogen) atoms. The fraction of sp³-hybridized carbons (Fsp3) is 0.409. The van der Waals surface area contributed by atoms with E-state index in [4.69, 9.17) is 4.74 Å². The largest absolute Gasteiger partial charge is 0.468 e. The molecule has 5 nitrogen and oxygen atoms in total. The van der Waals surface area contributed by atoms with Crippen molar-refractivity contribution in [3.63, 3.8) is 0 Å². The molecule has 3 aromatic rings. The summed E-state index contributed by atoms with van der Waals surface area (Å²) in [6, 6.07) is 11.2. The first-order valence-electron chi connectivity index (χ1n) is 10.1. The van der Waals surface area contributed by atoms with E-state index in [2.05, 4.69) is 15.3 Å². The van der Waals surface area contributed by atoms with Gasteiger partial charge in [0.1, 0.15) is 6.10 Å². The molecule has 0 bridgehead atoms. The lowest BCUT2D eigenvalue weighted by molar-refractivity contribution is -0.179. The maximum absolute atomic E-state index is 13.5. The number of hydrogen-bond acceptors (Lipinski definition) is 4. The first-order chi connectivity index (χ1) is 14.4. The Morgan fingerprint density at radius 3 is 2.57 bits per heavy atom. The van der Waals surface area contributed by atoms with Crippen LogP contribution in [0, 0.1) is 12.8 Å². The van der Waals surface area contributed by atoms with Gasteiger partial charge in [-0.05, 0) is 43.2 Å². The Morgan fingerprint density at radius 1 is 1.10 bits per heavy atom. The zero-order valence-electron chi connectivity index (χ0n) is 16.4. The van der Waals surface area contributed by atoms with E-state index in [-0.39, 0.29) is 12.8 Å². The third kappa shape index (κ3) is 3.55. The van der Waals surface area contributed by atoms with Gasteiger partial charge in [-0.3, -0.25) is 0 Å². The zero-order valence-corrected chi connectivity index (χ0v) is 16.4. The van der Waals surface area contributed by atoms with E-state index in [1.54, 1.807) is 17.5 Å². The molecular weight excluding hydrogens is 393 g/mol. The molecule has 0 spiro atoms. The predicted molar refractivity (Wildman–Crippen MR) is 105 cm³/mol. The van der Waals surface area contributed by atoms with Gasteiger partial charge in [0.2, 0.25) is 5.88 Å². The van der Waals surface area contributed by atoms with Crippen LogP contribution < -0.4 is 4.74 Å². The highest BCUT2D eigenvalue weighted by molar-refractivity contribution is 5.70. The second-order valence-electron chi connectivity index (χ2n) is 8.04. The van der Waals surface area contributed by atoms with Crippen LogP contribution in [0.4, 0.5) is 13.2 Å². The number of rotatable bonds is 4. The molecule has 0 N–H and O–H groups in total. The number of benzene rings is 1. The van der Waals surface area contributed by atoms with Crippen LogP contribution in [0.3, 0.4) is 0 Å². The third-order valence-corrected chi connectivity index (χ3v) is 5.85. The Balaban J connectivity index is 1.53. The van der Waals surface area contributed by atoms with Crippen LogP contribution in [-0.2, 0) is 0 Å². The van der Waals surface area contributed by atoms with E-state index in [0.717, 1.165) is 29.5 Å². The minimum atomic E-state index is -4.26. The Morgan fingerprint density at radius 2 is 1.87 bits per heavy atom. The number of nitrogens with zero attached hydrogens (tertiary/aromatic N) is 4. The van der Waals surface area contributed by atoms with Gasteiger partial charge in [0.25, 0.3) is 0 Å². The molecular formula is C22H21F3N4O. The molecule has 2 aliphatic rings. The van der Waals surface area contributed by atoms with Gasteiger partial charge in [0, 0.05) is 18.1 Å². The number of aryl methyl sites for hydroxylation is 1. The molecule has 2 unspecified atom stereocenters. The van der Waals surface area contributed by atoms with Gasteiger partial charge in [-0.1, -0.05) is 36.4 Å². The molecule has 2 heterocycles. The number of allylic oxidation sites excluding steroid dienone is 1. The summed E-state index contributed by atoms with van der Waals surface area (Å²) in [7, 11) is 0. The molecule has 5 rings (SSSR count). The van der Waals surface area contributed by atoms with Crippen LogP contribution in [0.2, 0.25) is 0 Å². The average Bonchev–Trinajstić information content (AvgIpc) is 3.51. The second kappa shape index (κ2) is 7.11. The monoisotopic (exact) mass is 414 g/mol. The second-order valence-corrected chi connectivity index (χ2v) is 8.04. The molecule has 1 aromatic carbocycles. The molecule has 2 atom stereocenters. The molecule has 2 aliphatic carbocycles. The van der Waals surface area contributed by atoms with Crippen LogP contribution in [0.1, 0.15) is 48.6 Å². The van der Waals surface area contributed by atoms with E-state index in [1.165, 1.54) is 0 Å². The summed E-state index contributed by atoms with van der Waals surface area (Å²) >= 11 is 0. The van der Waals surface area contributed by atoms with Crippen molar-refractivity contribution in [2.45, 2.75) is 50.8 Å². The summed E-state index contributed by atoms with van der Waals surface area (Å²) < 4.78 is 48.1. The first-order valence-corrected chi connectivity index (χ1v) is 10.1. The number of hydrogen-bond donors (Lipinski definition) is 0. The number of fused-ring (bicyclic) bond motifs is 1. The number of aromatic nitrogens is 4. The van der Waals surface area contributed by atoms with Crippen molar-refractivity contribution in [2.75, 3.05) is 0 Å². The third-order valence-electron chi connectivity index (χ3n) is 5.85. The van der Waals surface area contributed by atoms with Crippen molar-refractivity contribution < 1.29 is 17.9 Å². The highest BCUT2D eigenvalue weighted by Crippen LogP contribution is 2.44. The Bertz CT molecular complexity index is 1100. The molecule has 1 saturated carbocycles. The molecule has 2 aromatic heterocycles. The lowest BCUT2D eigenvalue weighted by Crippen LogP contribution is -2.33. The highest BCUT2D eigenvalue weighted by atomic mass is 19.4. The van der Waals surface area contributed by atoms with Crippen LogP contribution in [0.15, 0.2) is 42.5 Å². The number of halogens is 3. The van der Waals surface area contributed by atoms with Gasteiger partial charge in [-0.25, -0.2) is 0 Å². The van der Waals surface area contributed by atoms with Gasteiger partial charge >= 0.3 is 6.18 Å². The number of alkyl halides is 3. The van der Waals surface area contributed by atoms with Crippen LogP contribution in [-0.4, -0.2) is 32.1 Å².